The normalized spacial score (nSPS) is 11.1. The topological polar surface area (TPSA) is 15.3 Å². The molecule has 0 bridgehead atoms. The molecule has 16 heavy (non-hydrogen) atoms. The van der Waals surface area contributed by atoms with E-state index in [9.17, 15) is 0 Å². The Morgan fingerprint density at radius 1 is 1.38 bits per heavy atom. The fourth-order valence-electron chi connectivity index (χ4n) is 1.63. The highest BCUT2D eigenvalue weighted by Crippen LogP contribution is 2.17. The second-order valence-corrected chi connectivity index (χ2v) is 5.08. The molecule has 1 aromatic rings. The van der Waals surface area contributed by atoms with Crippen LogP contribution in [0, 0.1) is 6.92 Å². The van der Waals surface area contributed by atoms with Crippen LogP contribution in [0.5, 0.6) is 0 Å². The molecule has 90 valence electrons. The van der Waals surface area contributed by atoms with Gasteiger partial charge in [0.15, 0.2) is 0 Å². The highest BCUT2D eigenvalue weighted by molar-refractivity contribution is 9.10. The van der Waals surface area contributed by atoms with E-state index in [0.717, 1.165) is 30.7 Å². The van der Waals surface area contributed by atoms with Crippen molar-refractivity contribution in [1.29, 1.82) is 0 Å². The molecule has 0 spiro atoms. The molecular weight excluding hydrogens is 264 g/mol. The zero-order valence-electron chi connectivity index (χ0n) is 10.4. The number of hydrogen-bond acceptors (Lipinski definition) is 2. The first-order valence-corrected chi connectivity index (χ1v) is 6.57. The van der Waals surface area contributed by atoms with Crippen molar-refractivity contribution >= 4 is 15.9 Å². The Morgan fingerprint density at radius 2 is 2.12 bits per heavy atom. The first-order valence-electron chi connectivity index (χ1n) is 5.77. The van der Waals surface area contributed by atoms with E-state index >= 15 is 0 Å². The number of rotatable bonds is 6. The van der Waals surface area contributed by atoms with Gasteiger partial charge in [-0.25, -0.2) is 0 Å². The molecule has 0 aromatic heterocycles. The maximum atomic E-state index is 3.52. The summed E-state index contributed by atoms with van der Waals surface area (Å²) in [5.41, 5.74) is 2.76. The quantitative estimate of drug-likeness (QED) is 0.809. The largest absolute Gasteiger partial charge is 0.316 e. The first-order chi connectivity index (χ1) is 7.63. The molecule has 0 fully saturated rings. The second-order valence-electron chi connectivity index (χ2n) is 4.16. The van der Waals surface area contributed by atoms with Crippen molar-refractivity contribution in [2.45, 2.75) is 20.4 Å². The van der Waals surface area contributed by atoms with Gasteiger partial charge in [-0.15, -0.1) is 0 Å². The van der Waals surface area contributed by atoms with Gasteiger partial charge in [-0.1, -0.05) is 28.9 Å². The van der Waals surface area contributed by atoms with Crippen LogP contribution in [0.4, 0.5) is 0 Å². The molecule has 0 atom stereocenters. The average Bonchev–Trinajstić information content (AvgIpc) is 2.24. The number of nitrogens with zero attached hydrogens (tertiary/aromatic N) is 1. The van der Waals surface area contributed by atoms with E-state index in [-0.39, 0.29) is 0 Å². The van der Waals surface area contributed by atoms with Gasteiger partial charge < -0.3 is 10.2 Å². The fraction of sp³-hybridized carbons (Fsp3) is 0.538. The highest BCUT2D eigenvalue weighted by Gasteiger charge is 2.03. The third-order valence-electron chi connectivity index (χ3n) is 2.67. The summed E-state index contributed by atoms with van der Waals surface area (Å²) in [7, 11) is 2.16. The van der Waals surface area contributed by atoms with Crippen LogP contribution in [0.1, 0.15) is 18.1 Å². The number of nitrogens with one attached hydrogen (secondary N) is 1. The summed E-state index contributed by atoms with van der Waals surface area (Å²) in [5, 5.41) is 3.34. The van der Waals surface area contributed by atoms with Crippen LogP contribution in [0.15, 0.2) is 22.7 Å². The molecule has 0 radical (unpaired) electrons. The lowest BCUT2D eigenvalue weighted by Crippen LogP contribution is -2.28. The molecule has 1 N–H and O–H groups in total. The molecular formula is C13H21BrN2. The van der Waals surface area contributed by atoms with E-state index in [1.54, 1.807) is 0 Å². The Hall–Kier alpha value is -0.380. The van der Waals surface area contributed by atoms with Crippen molar-refractivity contribution in [2.24, 2.45) is 0 Å². The van der Waals surface area contributed by atoms with Gasteiger partial charge in [-0.3, -0.25) is 0 Å². The zero-order valence-corrected chi connectivity index (χ0v) is 12.0. The number of likely N-dealkylation sites (N-methyl/N-ethyl adjacent to an activating group) is 2. The SMILES string of the molecule is CCNCCN(C)Cc1cc(Br)ccc1C. The molecule has 1 rings (SSSR count). The zero-order chi connectivity index (χ0) is 12.0. The summed E-state index contributed by atoms with van der Waals surface area (Å²) in [5.74, 6) is 0. The maximum absolute atomic E-state index is 3.52. The van der Waals surface area contributed by atoms with Gasteiger partial charge in [0.25, 0.3) is 0 Å². The average molecular weight is 285 g/mol. The third kappa shape index (κ3) is 4.64. The summed E-state index contributed by atoms with van der Waals surface area (Å²) in [6.07, 6.45) is 0. The standard InChI is InChI=1S/C13H21BrN2/c1-4-15-7-8-16(3)10-12-9-13(14)6-5-11(12)2/h5-6,9,15H,4,7-8,10H2,1-3H3. The van der Waals surface area contributed by atoms with E-state index in [4.69, 9.17) is 0 Å². The van der Waals surface area contributed by atoms with Gasteiger partial charge >= 0.3 is 0 Å². The van der Waals surface area contributed by atoms with Gasteiger partial charge in [0.1, 0.15) is 0 Å². The van der Waals surface area contributed by atoms with Crippen molar-refractivity contribution in [3.8, 4) is 0 Å². The van der Waals surface area contributed by atoms with E-state index in [1.165, 1.54) is 11.1 Å². The van der Waals surface area contributed by atoms with Crippen molar-refractivity contribution < 1.29 is 0 Å². The lowest BCUT2D eigenvalue weighted by Gasteiger charge is -2.18. The van der Waals surface area contributed by atoms with E-state index in [1.807, 2.05) is 0 Å². The van der Waals surface area contributed by atoms with Crippen LogP contribution in [0.3, 0.4) is 0 Å². The van der Waals surface area contributed by atoms with Crippen LogP contribution in [0.25, 0.3) is 0 Å². The van der Waals surface area contributed by atoms with Crippen molar-refractivity contribution in [3.05, 3.63) is 33.8 Å². The number of benzene rings is 1. The molecule has 1 aromatic carbocycles. The summed E-state index contributed by atoms with van der Waals surface area (Å²) in [6, 6.07) is 6.47. The maximum Gasteiger partial charge on any atom is 0.0234 e. The predicted molar refractivity (Wildman–Crippen MR) is 73.8 cm³/mol. The Balaban J connectivity index is 2.48. The fourth-order valence-corrected chi connectivity index (χ4v) is 2.04. The second kappa shape index (κ2) is 7.05. The van der Waals surface area contributed by atoms with Gasteiger partial charge in [0, 0.05) is 24.1 Å². The Kier molecular flexibility index (Phi) is 6.03. The minimum Gasteiger partial charge on any atom is -0.316 e. The van der Waals surface area contributed by atoms with Gasteiger partial charge in [-0.05, 0) is 43.8 Å². The van der Waals surface area contributed by atoms with Crippen LogP contribution < -0.4 is 5.32 Å². The van der Waals surface area contributed by atoms with Crippen molar-refractivity contribution in [1.82, 2.24) is 10.2 Å². The predicted octanol–water partition coefficient (Wildman–Crippen LogP) is 2.80. The van der Waals surface area contributed by atoms with E-state index in [0.29, 0.717) is 0 Å². The summed E-state index contributed by atoms with van der Waals surface area (Å²) >= 11 is 3.52. The van der Waals surface area contributed by atoms with Crippen LogP contribution in [-0.4, -0.2) is 31.6 Å². The molecule has 0 saturated heterocycles. The van der Waals surface area contributed by atoms with Crippen LogP contribution in [-0.2, 0) is 6.54 Å². The van der Waals surface area contributed by atoms with Gasteiger partial charge in [-0.2, -0.15) is 0 Å². The molecule has 0 aliphatic heterocycles. The lowest BCUT2D eigenvalue weighted by molar-refractivity contribution is 0.325. The van der Waals surface area contributed by atoms with Gasteiger partial charge in [0.05, 0.1) is 0 Å². The first kappa shape index (κ1) is 13.7. The van der Waals surface area contributed by atoms with Crippen LogP contribution >= 0.6 is 15.9 Å². The van der Waals surface area contributed by atoms with E-state index < -0.39 is 0 Å². The number of hydrogen-bond donors (Lipinski definition) is 1. The van der Waals surface area contributed by atoms with Gasteiger partial charge in [0.2, 0.25) is 0 Å². The summed E-state index contributed by atoms with van der Waals surface area (Å²) < 4.78 is 1.16. The molecule has 2 nitrogen and oxygen atoms in total. The summed E-state index contributed by atoms with van der Waals surface area (Å²) in [4.78, 5) is 2.34. The number of halogens is 1. The highest BCUT2D eigenvalue weighted by atomic mass is 79.9. The Morgan fingerprint density at radius 3 is 2.81 bits per heavy atom. The molecule has 0 heterocycles. The molecule has 0 aliphatic rings. The minimum absolute atomic E-state index is 1.01. The Bertz CT molecular complexity index is 326. The molecule has 0 saturated carbocycles. The Labute approximate surface area is 107 Å². The lowest BCUT2D eigenvalue weighted by atomic mass is 10.1. The summed E-state index contributed by atoms with van der Waals surface area (Å²) in [6.45, 7) is 8.50. The van der Waals surface area contributed by atoms with Crippen molar-refractivity contribution in [2.75, 3.05) is 26.7 Å². The third-order valence-corrected chi connectivity index (χ3v) is 3.16. The minimum atomic E-state index is 1.01. The molecule has 0 aliphatic carbocycles. The molecule has 0 amide bonds. The van der Waals surface area contributed by atoms with Crippen LogP contribution in [0.2, 0.25) is 0 Å². The van der Waals surface area contributed by atoms with Crippen molar-refractivity contribution in [3.63, 3.8) is 0 Å². The molecule has 0 unspecified atom stereocenters. The monoisotopic (exact) mass is 284 g/mol. The smallest absolute Gasteiger partial charge is 0.0234 e. The van der Waals surface area contributed by atoms with E-state index in [2.05, 4.69) is 65.2 Å². The number of aryl methyl sites for hydroxylation is 1. The molecule has 3 heteroatoms.